The zero-order valence-electron chi connectivity index (χ0n) is 19.7. The number of hydrogen-bond acceptors (Lipinski definition) is 7. The minimum Gasteiger partial charge on any atom is -0.460 e. The maximum atomic E-state index is 13.1. The number of hydrogen-bond donors (Lipinski definition) is 0. The molecule has 0 aromatic heterocycles. The molecule has 0 amide bonds. The van der Waals surface area contributed by atoms with Crippen molar-refractivity contribution in [1.29, 1.82) is 0 Å². The van der Waals surface area contributed by atoms with Crippen molar-refractivity contribution in [1.82, 2.24) is 0 Å². The summed E-state index contributed by atoms with van der Waals surface area (Å²) >= 11 is 0. The molecule has 0 radical (unpaired) electrons. The van der Waals surface area contributed by atoms with Crippen molar-refractivity contribution in [3.63, 3.8) is 0 Å². The van der Waals surface area contributed by atoms with Crippen LogP contribution in [0.3, 0.4) is 0 Å². The molecule has 7 heteroatoms. The monoisotopic (exact) mass is 448 g/mol. The Balaban J connectivity index is 2.08. The topological polar surface area (TPSA) is 88.1 Å². The SMILES string of the molecule is COCCOCC(CC1(C(=O)OCC(=O)c2ccccc2)CCCC1)C(=O)OC(C)(C)C. The smallest absolute Gasteiger partial charge is 0.312 e. The normalized spacial score (nSPS) is 16.4. The quantitative estimate of drug-likeness (QED) is 0.271. The van der Waals surface area contributed by atoms with Gasteiger partial charge in [0.1, 0.15) is 5.60 Å². The van der Waals surface area contributed by atoms with E-state index in [1.807, 2.05) is 26.8 Å². The van der Waals surface area contributed by atoms with E-state index in [0.717, 1.165) is 12.8 Å². The summed E-state index contributed by atoms with van der Waals surface area (Å²) in [5.41, 5.74) is -0.963. The molecule has 0 N–H and O–H groups in total. The van der Waals surface area contributed by atoms with Crippen LogP contribution in [0.4, 0.5) is 0 Å². The van der Waals surface area contributed by atoms with Crippen LogP contribution in [0.1, 0.15) is 63.2 Å². The predicted molar refractivity (Wildman–Crippen MR) is 119 cm³/mol. The van der Waals surface area contributed by atoms with Gasteiger partial charge < -0.3 is 18.9 Å². The Labute approximate surface area is 190 Å². The molecule has 0 bridgehead atoms. The molecule has 0 saturated heterocycles. The highest BCUT2D eigenvalue weighted by atomic mass is 16.6. The van der Waals surface area contributed by atoms with Crippen molar-refractivity contribution < 1.29 is 33.3 Å². The molecule has 32 heavy (non-hydrogen) atoms. The molecule has 1 saturated carbocycles. The van der Waals surface area contributed by atoms with Crippen molar-refractivity contribution in [3.05, 3.63) is 35.9 Å². The second-order valence-corrected chi connectivity index (χ2v) is 9.36. The average molecular weight is 449 g/mol. The molecule has 0 spiro atoms. The van der Waals surface area contributed by atoms with Gasteiger partial charge in [0.25, 0.3) is 0 Å². The Bertz CT molecular complexity index is 745. The third-order valence-electron chi connectivity index (χ3n) is 5.55. The van der Waals surface area contributed by atoms with Crippen LogP contribution in [0.2, 0.25) is 0 Å². The maximum absolute atomic E-state index is 13.1. The molecule has 2 rings (SSSR count). The van der Waals surface area contributed by atoms with Gasteiger partial charge in [-0.15, -0.1) is 0 Å². The van der Waals surface area contributed by atoms with Crippen LogP contribution in [-0.4, -0.2) is 56.9 Å². The molecular weight excluding hydrogens is 412 g/mol. The van der Waals surface area contributed by atoms with Crippen LogP contribution >= 0.6 is 0 Å². The van der Waals surface area contributed by atoms with Gasteiger partial charge in [0.15, 0.2) is 12.4 Å². The molecule has 1 fully saturated rings. The van der Waals surface area contributed by atoms with Crippen LogP contribution in [0.25, 0.3) is 0 Å². The minimum atomic E-state index is -0.816. The highest BCUT2D eigenvalue weighted by Gasteiger charge is 2.46. The fraction of sp³-hybridized carbons (Fsp3) is 0.640. The summed E-state index contributed by atoms with van der Waals surface area (Å²) in [6, 6.07) is 8.74. The van der Waals surface area contributed by atoms with Crippen LogP contribution in [0, 0.1) is 11.3 Å². The predicted octanol–water partition coefficient (Wildman–Crippen LogP) is 3.98. The Kier molecular flexibility index (Phi) is 9.84. The standard InChI is InChI=1S/C25H36O7/c1-24(2,3)32-22(27)20(17-30-15-14-29-4)16-25(12-8-9-13-25)23(28)31-18-21(26)19-10-6-5-7-11-19/h5-7,10-11,20H,8-9,12-18H2,1-4H3. The van der Waals surface area contributed by atoms with E-state index in [1.165, 1.54) is 0 Å². The van der Waals surface area contributed by atoms with Crippen LogP contribution in [0.5, 0.6) is 0 Å². The van der Waals surface area contributed by atoms with Gasteiger partial charge in [-0.2, -0.15) is 0 Å². The van der Waals surface area contributed by atoms with Crippen molar-refractivity contribution >= 4 is 17.7 Å². The van der Waals surface area contributed by atoms with Crippen molar-refractivity contribution in [2.24, 2.45) is 11.3 Å². The fourth-order valence-corrected chi connectivity index (χ4v) is 3.97. The molecule has 178 valence electrons. The zero-order chi connectivity index (χ0) is 23.6. The van der Waals surface area contributed by atoms with Gasteiger partial charge in [-0.05, 0) is 40.0 Å². The van der Waals surface area contributed by atoms with Gasteiger partial charge in [0.05, 0.1) is 31.2 Å². The molecule has 1 aromatic carbocycles. The molecule has 0 heterocycles. The van der Waals surface area contributed by atoms with Gasteiger partial charge in [-0.3, -0.25) is 14.4 Å². The summed E-state index contributed by atoms with van der Waals surface area (Å²) in [7, 11) is 1.58. The molecule has 0 aliphatic heterocycles. The number of methoxy groups -OCH3 is 1. The molecule has 1 aromatic rings. The zero-order valence-corrected chi connectivity index (χ0v) is 19.7. The lowest BCUT2D eigenvalue weighted by molar-refractivity contribution is -0.167. The highest BCUT2D eigenvalue weighted by Crippen LogP contribution is 2.44. The number of esters is 2. The Morgan fingerprint density at radius 1 is 1.03 bits per heavy atom. The maximum Gasteiger partial charge on any atom is 0.312 e. The average Bonchev–Trinajstić information content (AvgIpc) is 3.23. The van der Waals surface area contributed by atoms with Crippen LogP contribution in [0.15, 0.2) is 30.3 Å². The Hall–Kier alpha value is -2.25. The number of Topliss-reactive ketones (excluding diaryl/α,β-unsaturated/α-hetero) is 1. The Morgan fingerprint density at radius 3 is 2.28 bits per heavy atom. The summed E-state index contributed by atoms with van der Waals surface area (Å²) < 4.78 is 21.7. The van der Waals surface area contributed by atoms with Crippen molar-refractivity contribution in [3.8, 4) is 0 Å². The second-order valence-electron chi connectivity index (χ2n) is 9.36. The van der Waals surface area contributed by atoms with Crippen LogP contribution in [-0.2, 0) is 28.5 Å². The third-order valence-corrected chi connectivity index (χ3v) is 5.55. The highest BCUT2D eigenvalue weighted by molar-refractivity contribution is 5.98. The van der Waals surface area contributed by atoms with E-state index in [2.05, 4.69) is 0 Å². The van der Waals surface area contributed by atoms with Gasteiger partial charge in [-0.1, -0.05) is 43.2 Å². The fourth-order valence-electron chi connectivity index (χ4n) is 3.97. The van der Waals surface area contributed by atoms with E-state index >= 15 is 0 Å². The lowest BCUT2D eigenvalue weighted by Crippen LogP contribution is -2.39. The largest absolute Gasteiger partial charge is 0.460 e. The number of carbonyl (C=O) groups excluding carboxylic acids is 3. The van der Waals surface area contributed by atoms with E-state index < -0.39 is 28.9 Å². The molecule has 1 atom stereocenters. The van der Waals surface area contributed by atoms with Gasteiger partial charge in [0.2, 0.25) is 0 Å². The van der Waals surface area contributed by atoms with Gasteiger partial charge in [-0.25, -0.2) is 0 Å². The number of ether oxygens (including phenoxy) is 4. The van der Waals surface area contributed by atoms with E-state index in [9.17, 15) is 14.4 Å². The van der Waals surface area contributed by atoms with Crippen molar-refractivity contribution in [2.45, 2.75) is 58.5 Å². The minimum absolute atomic E-state index is 0.135. The number of ketones is 1. The van der Waals surface area contributed by atoms with E-state index in [4.69, 9.17) is 18.9 Å². The molecule has 1 aliphatic rings. The molecule has 1 aliphatic carbocycles. The molecule has 1 unspecified atom stereocenters. The first-order valence-electron chi connectivity index (χ1n) is 11.2. The first-order valence-corrected chi connectivity index (χ1v) is 11.2. The van der Waals surface area contributed by atoms with E-state index in [-0.39, 0.29) is 25.4 Å². The lowest BCUT2D eigenvalue weighted by atomic mass is 9.77. The second kappa shape index (κ2) is 12.1. The van der Waals surface area contributed by atoms with E-state index in [0.29, 0.717) is 31.6 Å². The van der Waals surface area contributed by atoms with E-state index in [1.54, 1.807) is 31.4 Å². The van der Waals surface area contributed by atoms with Crippen LogP contribution < -0.4 is 0 Å². The van der Waals surface area contributed by atoms with Gasteiger partial charge >= 0.3 is 11.9 Å². The Morgan fingerprint density at radius 2 is 1.69 bits per heavy atom. The number of benzene rings is 1. The summed E-state index contributed by atoms with van der Waals surface area (Å²) in [5.74, 6) is -1.68. The number of carbonyl (C=O) groups is 3. The first kappa shape index (κ1) is 26.0. The summed E-state index contributed by atoms with van der Waals surface area (Å²) in [4.78, 5) is 38.4. The first-order chi connectivity index (χ1) is 15.2. The number of rotatable bonds is 12. The molecule has 7 nitrogen and oxygen atoms in total. The summed E-state index contributed by atoms with van der Waals surface area (Å²) in [6.07, 6.45) is 3.24. The summed E-state index contributed by atoms with van der Waals surface area (Å²) in [6.45, 7) is 6.00. The lowest BCUT2D eigenvalue weighted by Gasteiger charge is -2.31. The molecular formula is C25H36O7. The van der Waals surface area contributed by atoms with Gasteiger partial charge in [0, 0.05) is 12.7 Å². The third kappa shape index (κ3) is 8.02. The summed E-state index contributed by atoms with van der Waals surface area (Å²) in [5, 5.41) is 0. The van der Waals surface area contributed by atoms with Crippen molar-refractivity contribution in [2.75, 3.05) is 33.5 Å².